The lowest BCUT2D eigenvalue weighted by atomic mass is 9.52. The van der Waals surface area contributed by atoms with E-state index in [-0.39, 0.29) is 35.5 Å². The van der Waals surface area contributed by atoms with Gasteiger partial charge in [-0.1, -0.05) is 60.7 Å². The molecule has 2 saturated heterocycles. The third kappa shape index (κ3) is 6.75. The second kappa shape index (κ2) is 14.2. The smallest absolute Gasteiger partial charge is 0.224 e. The van der Waals surface area contributed by atoms with Crippen molar-refractivity contribution in [1.29, 1.82) is 0 Å². The van der Waals surface area contributed by atoms with Crippen LogP contribution in [0.25, 0.3) is 0 Å². The lowest BCUT2D eigenvalue weighted by molar-refractivity contribution is -0.915. The first kappa shape index (κ1) is 30.7. The molecule has 1 aliphatic carbocycles. The standard InChI is InChI=1S/C36H52N4O2/c1-3-39(23-11-12-24-39)27-15-21-37-35(41)33-31(29-17-7-5-8-18-29)32(30-19-9-6-10-20-30)34(33)36(42)38-22-16-28-40(4-2)25-13-14-26-40/h5-10,17-20,31-34H,3-4,11-16,21-28H2,1-2H3/p+2. The van der Waals surface area contributed by atoms with E-state index in [4.69, 9.17) is 0 Å². The van der Waals surface area contributed by atoms with Gasteiger partial charge in [0.2, 0.25) is 11.8 Å². The first-order chi connectivity index (χ1) is 20.5. The van der Waals surface area contributed by atoms with Gasteiger partial charge in [0.15, 0.2) is 0 Å². The zero-order valence-electron chi connectivity index (χ0n) is 26.1. The monoisotopic (exact) mass is 574 g/mol. The maximum atomic E-state index is 13.9. The van der Waals surface area contributed by atoms with Gasteiger partial charge >= 0.3 is 0 Å². The summed E-state index contributed by atoms with van der Waals surface area (Å²) in [4.78, 5) is 27.9. The lowest BCUT2D eigenvalue weighted by Gasteiger charge is -2.51. The van der Waals surface area contributed by atoms with E-state index in [9.17, 15) is 9.59 Å². The summed E-state index contributed by atoms with van der Waals surface area (Å²) in [5.41, 5.74) is 2.29. The van der Waals surface area contributed by atoms with Gasteiger partial charge in [0.05, 0.1) is 64.2 Å². The Kier molecular flexibility index (Phi) is 10.4. The topological polar surface area (TPSA) is 58.2 Å². The molecular weight excluding hydrogens is 520 g/mol. The van der Waals surface area contributed by atoms with Crippen molar-refractivity contribution >= 4 is 11.8 Å². The second-order valence-corrected chi connectivity index (χ2v) is 13.3. The highest BCUT2D eigenvalue weighted by atomic mass is 16.2. The Hall–Kier alpha value is -2.70. The van der Waals surface area contributed by atoms with E-state index in [2.05, 4.69) is 48.7 Å². The molecule has 42 heavy (non-hydrogen) atoms. The number of quaternary nitrogens is 2. The molecule has 0 spiro atoms. The number of hydrogen-bond acceptors (Lipinski definition) is 2. The van der Waals surface area contributed by atoms with Gasteiger partial charge in [0, 0.05) is 63.5 Å². The largest absolute Gasteiger partial charge is 0.356 e. The molecule has 2 amide bonds. The summed E-state index contributed by atoms with van der Waals surface area (Å²) < 4.78 is 2.37. The van der Waals surface area contributed by atoms with Crippen LogP contribution in [0, 0.1) is 11.8 Å². The van der Waals surface area contributed by atoms with Gasteiger partial charge in [0.25, 0.3) is 0 Å². The first-order valence-electron chi connectivity index (χ1n) is 16.9. The Labute approximate surface area is 254 Å². The molecule has 2 heterocycles. The molecule has 6 nitrogen and oxygen atoms in total. The van der Waals surface area contributed by atoms with Gasteiger partial charge in [-0.15, -0.1) is 0 Å². The fraction of sp³-hybridized carbons (Fsp3) is 0.611. The number of hydrogen-bond donors (Lipinski definition) is 2. The molecular formula is C36H54N4O2+2. The third-order valence-electron chi connectivity index (χ3n) is 11.1. The fourth-order valence-electron chi connectivity index (χ4n) is 8.48. The number of nitrogens with one attached hydrogen (secondary N) is 2. The van der Waals surface area contributed by atoms with Crippen molar-refractivity contribution in [2.45, 2.75) is 64.2 Å². The number of amides is 2. The Morgan fingerprint density at radius 3 is 1.31 bits per heavy atom. The second-order valence-electron chi connectivity index (χ2n) is 13.3. The molecule has 4 atom stereocenters. The number of carbonyl (C=O) groups excluding carboxylic acids is 2. The van der Waals surface area contributed by atoms with Crippen molar-refractivity contribution in [1.82, 2.24) is 10.6 Å². The number of benzene rings is 2. The predicted molar refractivity (Wildman–Crippen MR) is 170 cm³/mol. The van der Waals surface area contributed by atoms with Crippen molar-refractivity contribution in [3.8, 4) is 0 Å². The maximum Gasteiger partial charge on any atom is 0.224 e. The number of nitrogens with zero attached hydrogens (tertiary/aromatic N) is 2. The zero-order valence-corrected chi connectivity index (χ0v) is 26.1. The van der Waals surface area contributed by atoms with E-state index in [0.29, 0.717) is 13.1 Å². The predicted octanol–water partition coefficient (Wildman–Crippen LogP) is 5.07. The zero-order chi connectivity index (χ0) is 29.4. The summed E-state index contributed by atoms with van der Waals surface area (Å²) in [6.45, 7) is 15.6. The highest BCUT2D eigenvalue weighted by molar-refractivity contribution is 5.92. The lowest BCUT2D eigenvalue weighted by Crippen LogP contribution is -2.57. The molecule has 2 aliphatic heterocycles. The summed E-state index contributed by atoms with van der Waals surface area (Å²) in [5, 5.41) is 6.58. The van der Waals surface area contributed by atoms with Crippen LogP contribution >= 0.6 is 0 Å². The van der Waals surface area contributed by atoms with Crippen molar-refractivity contribution < 1.29 is 18.6 Å². The summed E-state index contributed by atoms with van der Waals surface area (Å²) in [5.74, 6) is -0.704. The van der Waals surface area contributed by atoms with Crippen molar-refractivity contribution in [2.75, 3.05) is 65.4 Å². The summed E-state index contributed by atoms with van der Waals surface area (Å²) in [6, 6.07) is 20.8. The van der Waals surface area contributed by atoms with Crippen LogP contribution in [0.2, 0.25) is 0 Å². The van der Waals surface area contributed by atoms with Crippen LogP contribution in [0.15, 0.2) is 60.7 Å². The Morgan fingerprint density at radius 2 is 0.976 bits per heavy atom. The molecule has 2 N–H and O–H groups in total. The molecule has 0 bridgehead atoms. The van der Waals surface area contributed by atoms with Gasteiger partial charge in [-0.05, 0) is 25.0 Å². The quantitative estimate of drug-likeness (QED) is 0.244. The highest BCUT2D eigenvalue weighted by Crippen LogP contribution is 2.58. The van der Waals surface area contributed by atoms with Crippen LogP contribution in [0.1, 0.15) is 75.3 Å². The molecule has 6 heteroatoms. The van der Waals surface area contributed by atoms with Crippen LogP contribution in [-0.4, -0.2) is 86.2 Å². The third-order valence-corrected chi connectivity index (χ3v) is 11.1. The van der Waals surface area contributed by atoms with E-state index in [1.54, 1.807) is 0 Å². The average Bonchev–Trinajstić information content (AvgIpc) is 3.69. The summed E-state index contributed by atoms with van der Waals surface area (Å²) in [6.07, 6.45) is 7.24. The number of likely N-dealkylation sites (tertiary alicyclic amines) is 2. The van der Waals surface area contributed by atoms with Crippen molar-refractivity contribution in [2.24, 2.45) is 11.8 Å². The van der Waals surface area contributed by atoms with Gasteiger partial charge in [-0.3, -0.25) is 9.59 Å². The van der Waals surface area contributed by atoms with Crippen LogP contribution < -0.4 is 10.6 Å². The van der Waals surface area contributed by atoms with Crippen LogP contribution in [0.5, 0.6) is 0 Å². The molecule has 0 aromatic heterocycles. The highest BCUT2D eigenvalue weighted by Gasteiger charge is 2.58. The van der Waals surface area contributed by atoms with Gasteiger partial charge < -0.3 is 19.6 Å². The van der Waals surface area contributed by atoms with Crippen LogP contribution in [0.3, 0.4) is 0 Å². The molecule has 0 radical (unpaired) electrons. The van der Waals surface area contributed by atoms with Crippen molar-refractivity contribution in [3.05, 3.63) is 71.8 Å². The van der Waals surface area contributed by atoms with Crippen molar-refractivity contribution in [3.63, 3.8) is 0 Å². The van der Waals surface area contributed by atoms with E-state index < -0.39 is 0 Å². The Morgan fingerprint density at radius 1 is 0.619 bits per heavy atom. The normalized spacial score (nSPS) is 26.0. The molecule has 228 valence electrons. The van der Waals surface area contributed by atoms with E-state index >= 15 is 0 Å². The first-order valence-corrected chi connectivity index (χ1v) is 16.9. The number of rotatable bonds is 14. The molecule has 1 saturated carbocycles. The molecule has 5 rings (SSSR count). The van der Waals surface area contributed by atoms with Gasteiger partial charge in [0.1, 0.15) is 0 Å². The molecule has 2 aromatic carbocycles. The molecule has 3 aliphatic rings. The van der Waals surface area contributed by atoms with E-state index in [1.165, 1.54) is 73.9 Å². The fourth-order valence-corrected chi connectivity index (χ4v) is 8.48. The Bertz CT molecular complexity index is 1050. The minimum Gasteiger partial charge on any atom is -0.356 e. The maximum absolute atomic E-state index is 13.9. The summed E-state index contributed by atoms with van der Waals surface area (Å²) >= 11 is 0. The van der Waals surface area contributed by atoms with Gasteiger partial charge in [-0.2, -0.15) is 0 Å². The molecule has 4 unspecified atom stereocenters. The van der Waals surface area contributed by atoms with Gasteiger partial charge in [-0.25, -0.2) is 0 Å². The summed E-state index contributed by atoms with van der Waals surface area (Å²) in [7, 11) is 0. The molecule has 2 aromatic rings. The van der Waals surface area contributed by atoms with Crippen LogP contribution in [-0.2, 0) is 9.59 Å². The average molecular weight is 575 g/mol. The van der Waals surface area contributed by atoms with Crippen LogP contribution in [0.4, 0.5) is 0 Å². The number of carbonyl (C=O) groups is 2. The minimum absolute atomic E-state index is 0.0181. The van der Waals surface area contributed by atoms with E-state index in [0.717, 1.165) is 37.1 Å². The minimum atomic E-state index is -0.369. The Balaban J connectivity index is 1.29. The molecule has 3 fully saturated rings. The van der Waals surface area contributed by atoms with E-state index in [1.807, 2.05) is 36.4 Å². The SMILES string of the molecule is CC[N+]1(CCCNC(=O)C2C(C(=O)NCCC[N+]3(CC)CCCC3)C(c3ccccc3)C2c2ccccc2)CCCC1.